The fourth-order valence-corrected chi connectivity index (χ4v) is 2.46. The SMILES string of the molecule is Cn1nnc(C(CC(=O)O)C2CCCC2)n1. The predicted molar refractivity (Wildman–Crippen MR) is 55.7 cm³/mol. The average Bonchev–Trinajstić information content (AvgIpc) is 2.84. The summed E-state index contributed by atoms with van der Waals surface area (Å²) in [4.78, 5) is 12.3. The molecule has 1 atom stereocenters. The molecule has 1 aromatic rings. The molecule has 1 aromatic heterocycles. The molecule has 0 aromatic carbocycles. The first-order valence-electron chi connectivity index (χ1n) is 5.62. The van der Waals surface area contributed by atoms with Crippen molar-refractivity contribution in [1.82, 2.24) is 20.2 Å². The lowest BCUT2D eigenvalue weighted by Crippen LogP contribution is -2.16. The Bertz CT molecular complexity index is 371. The van der Waals surface area contributed by atoms with Gasteiger partial charge in [-0.2, -0.15) is 4.80 Å². The molecule has 0 saturated heterocycles. The Balaban J connectivity index is 2.16. The third kappa shape index (κ3) is 2.37. The lowest BCUT2D eigenvalue weighted by molar-refractivity contribution is -0.137. The third-order valence-corrected chi connectivity index (χ3v) is 3.22. The van der Waals surface area contributed by atoms with Gasteiger partial charge in [0.2, 0.25) is 0 Å². The highest BCUT2D eigenvalue weighted by Gasteiger charge is 2.31. The van der Waals surface area contributed by atoms with E-state index in [0.717, 1.165) is 12.8 Å². The molecule has 1 saturated carbocycles. The molecule has 16 heavy (non-hydrogen) atoms. The zero-order valence-corrected chi connectivity index (χ0v) is 9.33. The second kappa shape index (κ2) is 4.59. The van der Waals surface area contributed by atoms with Gasteiger partial charge in [0, 0.05) is 5.92 Å². The van der Waals surface area contributed by atoms with Crippen molar-refractivity contribution in [3.05, 3.63) is 5.82 Å². The van der Waals surface area contributed by atoms with Gasteiger partial charge < -0.3 is 5.11 Å². The molecule has 1 fully saturated rings. The number of carboxylic acid groups (broad SMARTS) is 1. The highest BCUT2D eigenvalue weighted by molar-refractivity contribution is 5.67. The monoisotopic (exact) mass is 224 g/mol. The molecule has 0 amide bonds. The standard InChI is InChI=1S/C10H16N4O2/c1-14-12-10(11-13-14)8(6-9(15)16)7-4-2-3-5-7/h7-8H,2-6H2,1H3,(H,15,16). The topological polar surface area (TPSA) is 80.9 Å². The van der Waals surface area contributed by atoms with Gasteiger partial charge in [-0.25, -0.2) is 0 Å². The summed E-state index contributed by atoms with van der Waals surface area (Å²) in [5.74, 6) is 0.121. The van der Waals surface area contributed by atoms with Crippen LogP contribution < -0.4 is 0 Å². The van der Waals surface area contributed by atoms with Crippen molar-refractivity contribution >= 4 is 5.97 Å². The minimum atomic E-state index is -0.788. The molecule has 0 aliphatic heterocycles. The van der Waals surface area contributed by atoms with Crippen LogP contribution in [0.2, 0.25) is 0 Å². The maximum atomic E-state index is 10.9. The highest BCUT2D eigenvalue weighted by atomic mass is 16.4. The summed E-state index contributed by atoms with van der Waals surface area (Å²) in [5.41, 5.74) is 0. The van der Waals surface area contributed by atoms with Crippen LogP contribution in [0.15, 0.2) is 0 Å². The number of hydrogen-bond acceptors (Lipinski definition) is 4. The van der Waals surface area contributed by atoms with Crippen molar-refractivity contribution in [2.45, 2.75) is 38.0 Å². The van der Waals surface area contributed by atoms with E-state index in [4.69, 9.17) is 5.11 Å². The zero-order chi connectivity index (χ0) is 11.5. The fraction of sp³-hybridized carbons (Fsp3) is 0.800. The normalized spacial score (nSPS) is 18.8. The summed E-state index contributed by atoms with van der Waals surface area (Å²) >= 11 is 0. The Kier molecular flexibility index (Phi) is 3.17. The molecular formula is C10H16N4O2. The number of aryl methyl sites for hydroxylation is 1. The first kappa shape index (κ1) is 11.0. The summed E-state index contributed by atoms with van der Waals surface area (Å²) < 4.78 is 0. The first-order chi connectivity index (χ1) is 7.66. The Morgan fingerprint density at radius 3 is 2.75 bits per heavy atom. The van der Waals surface area contributed by atoms with Gasteiger partial charge in [-0.1, -0.05) is 12.8 Å². The summed E-state index contributed by atoms with van der Waals surface area (Å²) in [6.07, 6.45) is 4.63. The van der Waals surface area contributed by atoms with Crippen LogP contribution in [0.1, 0.15) is 43.8 Å². The molecule has 88 valence electrons. The number of aliphatic carboxylic acids is 1. The Morgan fingerprint density at radius 2 is 2.25 bits per heavy atom. The van der Waals surface area contributed by atoms with E-state index >= 15 is 0 Å². The van der Waals surface area contributed by atoms with Gasteiger partial charge >= 0.3 is 5.97 Å². The second-order valence-corrected chi connectivity index (χ2v) is 4.39. The van der Waals surface area contributed by atoms with E-state index in [-0.39, 0.29) is 12.3 Å². The lowest BCUT2D eigenvalue weighted by Gasteiger charge is -2.17. The first-order valence-corrected chi connectivity index (χ1v) is 5.62. The summed E-state index contributed by atoms with van der Waals surface area (Å²) in [5, 5.41) is 20.8. The van der Waals surface area contributed by atoms with E-state index in [1.54, 1.807) is 7.05 Å². The average molecular weight is 224 g/mol. The number of nitrogens with zero attached hydrogens (tertiary/aromatic N) is 4. The van der Waals surface area contributed by atoms with Crippen LogP contribution in [0.4, 0.5) is 0 Å². The van der Waals surface area contributed by atoms with E-state index in [1.165, 1.54) is 17.6 Å². The molecule has 0 spiro atoms. The number of carbonyl (C=O) groups is 1. The van der Waals surface area contributed by atoms with Crippen LogP contribution in [-0.4, -0.2) is 31.3 Å². The number of tetrazole rings is 1. The maximum Gasteiger partial charge on any atom is 0.304 e. The van der Waals surface area contributed by atoms with Crippen LogP contribution >= 0.6 is 0 Å². The molecule has 0 bridgehead atoms. The molecule has 1 heterocycles. The molecule has 0 radical (unpaired) electrons. The summed E-state index contributed by atoms with van der Waals surface area (Å²) in [6, 6.07) is 0. The molecule has 1 N–H and O–H groups in total. The Hall–Kier alpha value is -1.46. The van der Waals surface area contributed by atoms with Gasteiger partial charge in [0.15, 0.2) is 5.82 Å². The number of carboxylic acids is 1. The summed E-state index contributed by atoms with van der Waals surface area (Å²) in [7, 11) is 1.70. The molecule has 6 heteroatoms. The summed E-state index contributed by atoms with van der Waals surface area (Å²) in [6.45, 7) is 0. The molecule has 1 aliphatic rings. The van der Waals surface area contributed by atoms with Crippen LogP contribution in [0.3, 0.4) is 0 Å². The molecular weight excluding hydrogens is 208 g/mol. The largest absolute Gasteiger partial charge is 0.481 e. The number of hydrogen-bond donors (Lipinski definition) is 1. The predicted octanol–water partition coefficient (Wildman–Crippen LogP) is 0.959. The highest BCUT2D eigenvalue weighted by Crippen LogP contribution is 2.37. The van der Waals surface area contributed by atoms with Crippen LogP contribution in [-0.2, 0) is 11.8 Å². The van der Waals surface area contributed by atoms with Crippen molar-refractivity contribution in [2.75, 3.05) is 0 Å². The van der Waals surface area contributed by atoms with Gasteiger partial charge in [-0.3, -0.25) is 4.79 Å². The Morgan fingerprint density at radius 1 is 1.56 bits per heavy atom. The smallest absolute Gasteiger partial charge is 0.304 e. The quantitative estimate of drug-likeness (QED) is 0.823. The van der Waals surface area contributed by atoms with E-state index in [2.05, 4.69) is 15.4 Å². The van der Waals surface area contributed by atoms with Gasteiger partial charge in [-0.15, -0.1) is 10.2 Å². The zero-order valence-electron chi connectivity index (χ0n) is 9.33. The van der Waals surface area contributed by atoms with Crippen molar-refractivity contribution in [1.29, 1.82) is 0 Å². The molecule has 6 nitrogen and oxygen atoms in total. The van der Waals surface area contributed by atoms with Gasteiger partial charge in [-0.05, 0) is 24.0 Å². The van der Waals surface area contributed by atoms with Crippen molar-refractivity contribution in [3.63, 3.8) is 0 Å². The Labute approximate surface area is 93.6 Å². The minimum absolute atomic E-state index is 0.0753. The van der Waals surface area contributed by atoms with Crippen molar-refractivity contribution in [3.8, 4) is 0 Å². The number of aromatic nitrogens is 4. The van der Waals surface area contributed by atoms with E-state index < -0.39 is 5.97 Å². The van der Waals surface area contributed by atoms with Gasteiger partial charge in [0.05, 0.1) is 13.5 Å². The number of rotatable bonds is 4. The molecule has 2 rings (SSSR count). The van der Waals surface area contributed by atoms with E-state index in [1.807, 2.05) is 0 Å². The van der Waals surface area contributed by atoms with E-state index in [0.29, 0.717) is 11.7 Å². The fourth-order valence-electron chi connectivity index (χ4n) is 2.46. The van der Waals surface area contributed by atoms with Crippen molar-refractivity contribution in [2.24, 2.45) is 13.0 Å². The molecule has 1 aliphatic carbocycles. The maximum absolute atomic E-state index is 10.9. The van der Waals surface area contributed by atoms with Crippen LogP contribution in [0.5, 0.6) is 0 Å². The minimum Gasteiger partial charge on any atom is -0.481 e. The van der Waals surface area contributed by atoms with Crippen molar-refractivity contribution < 1.29 is 9.90 Å². The molecule has 1 unspecified atom stereocenters. The van der Waals surface area contributed by atoms with Crippen LogP contribution in [0, 0.1) is 5.92 Å². The lowest BCUT2D eigenvalue weighted by atomic mass is 9.87. The van der Waals surface area contributed by atoms with Crippen LogP contribution in [0.25, 0.3) is 0 Å². The third-order valence-electron chi connectivity index (χ3n) is 3.22. The van der Waals surface area contributed by atoms with E-state index in [9.17, 15) is 4.79 Å². The van der Waals surface area contributed by atoms with Gasteiger partial charge in [0.1, 0.15) is 0 Å². The second-order valence-electron chi connectivity index (χ2n) is 4.39. The van der Waals surface area contributed by atoms with Gasteiger partial charge in [0.25, 0.3) is 0 Å².